The Balaban J connectivity index is 0. The topological polar surface area (TPSA) is 0 Å². The lowest BCUT2D eigenvalue weighted by molar-refractivity contribution is 1.37. The van der Waals surface area contributed by atoms with Crippen molar-refractivity contribution in [1.29, 1.82) is 0 Å². The summed E-state index contributed by atoms with van der Waals surface area (Å²) in [5.41, 5.74) is 1.26. The number of rotatable bonds is 0. The standard InChI is InChI=1S/C7H8S.2C2H6/c1-6-3-2-4-7(8)5-6;2*1-2/h2-5,8H,1H3;2*1-2H3. The van der Waals surface area contributed by atoms with Crippen LogP contribution in [0.2, 0.25) is 0 Å². The molecule has 1 heteroatoms. The van der Waals surface area contributed by atoms with Gasteiger partial charge in [-0.3, -0.25) is 0 Å². The third-order valence-corrected chi connectivity index (χ3v) is 1.28. The highest BCUT2D eigenvalue weighted by Gasteiger charge is 1.81. The van der Waals surface area contributed by atoms with Gasteiger partial charge >= 0.3 is 0 Å². The van der Waals surface area contributed by atoms with Gasteiger partial charge in [-0.1, -0.05) is 45.4 Å². The second-order valence-electron chi connectivity index (χ2n) is 1.84. The van der Waals surface area contributed by atoms with Crippen LogP contribution < -0.4 is 0 Å². The normalized spacial score (nSPS) is 7.17. The average Bonchev–Trinajstić information content (AvgIpc) is 2.11. The molecule has 0 N–H and O–H groups in total. The molecule has 0 saturated heterocycles. The van der Waals surface area contributed by atoms with Crippen molar-refractivity contribution in [2.75, 3.05) is 0 Å². The van der Waals surface area contributed by atoms with E-state index in [9.17, 15) is 0 Å². The van der Waals surface area contributed by atoms with Gasteiger partial charge in [0.25, 0.3) is 0 Å². The molecule has 0 aliphatic rings. The fourth-order valence-corrected chi connectivity index (χ4v) is 0.918. The zero-order valence-electron chi connectivity index (χ0n) is 8.76. The van der Waals surface area contributed by atoms with Gasteiger partial charge < -0.3 is 0 Å². The first-order chi connectivity index (χ1) is 5.79. The van der Waals surface area contributed by atoms with E-state index in [2.05, 4.69) is 25.6 Å². The van der Waals surface area contributed by atoms with Crippen molar-refractivity contribution in [3.63, 3.8) is 0 Å². The molecule has 0 heterocycles. The second kappa shape index (κ2) is 10.6. The van der Waals surface area contributed by atoms with E-state index in [0.29, 0.717) is 0 Å². The maximum atomic E-state index is 4.15. The Morgan fingerprint density at radius 3 is 1.75 bits per heavy atom. The van der Waals surface area contributed by atoms with Crippen molar-refractivity contribution in [2.45, 2.75) is 39.5 Å². The van der Waals surface area contributed by atoms with E-state index < -0.39 is 0 Å². The summed E-state index contributed by atoms with van der Waals surface area (Å²) < 4.78 is 0. The number of hydrogen-bond acceptors (Lipinski definition) is 1. The van der Waals surface area contributed by atoms with Crippen molar-refractivity contribution < 1.29 is 0 Å². The minimum Gasteiger partial charge on any atom is -0.143 e. The minimum atomic E-state index is 1.03. The lowest BCUT2D eigenvalue weighted by atomic mass is 10.2. The third-order valence-electron chi connectivity index (χ3n) is 1.00. The highest BCUT2D eigenvalue weighted by Crippen LogP contribution is 2.06. The van der Waals surface area contributed by atoms with E-state index >= 15 is 0 Å². The maximum Gasteiger partial charge on any atom is 0.00426 e. The summed E-state index contributed by atoms with van der Waals surface area (Å²) in [5.74, 6) is 0. The van der Waals surface area contributed by atoms with Crippen LogP contribution in [-0.2, 0) is 0 Å². The van der Waals surface area contributed by atoms with E-state index in [0.717, 1.165) is 4.90 Å². The van der Waals surface area contributed by atoms with Gasteiger partial charge in [0.1, 0.15) is 0 Å². The fraction of sp³-hybridized carbons (Fsp3) is 0.455. The molecule has 1 aromatic rings. The van der Waals surface area contributed by atoms with E-state index in [1.165, 1.54) is 5.56 Å². The van der Waals surface area contributed by atoms with E-state index in [1.807, 2.05) is 45.9 Å². The van der Waals surface area contributed by atoms with Crippen LogP contribution in [0.25, 0.3) is 0 Å². The van der Waals surface area contributed by atoms with Crippen LogP contribution in [0.3, 0.4) is 0 Å². The van der Waals surface area contributed by atoms with E-state index in [4.69, 9.17) is 0 Å². The Morgan fingerprint density at radius 2 is 1.50 bits per heavy atom. The number of benzene rings is 1. The second-order valence-corrected chi connectivity index (χ2v) is 2.36. The molecule has 0 radical (unpaired) electrons. The summed E-state index contributed by atoms with van der Waals surface area (Å²) in [4.78, 5) is 1.03. The zero-order valence-corrected chi connectivity index (χ0v) is 9.65. The lowest BCUT2D eigenvalue weighted by Gasteiger charge is -1.89. The molecule has 0 aromatic heterocycles. The SMILES string of the molecule is CC.CC.Cc1cccc(S)c1. The largest absolute Gasteiger partial charge is 0.143 e. The number of aryl methyl sites for hydroxylation is 1. The van der Waals surface area contributed by atoms with E-state index in [-0.39, 0.29) is 0 Å². The Hall–Kier alpha value is -0.430. The molecule has 0 bridgehead atoms. The number of hydrogen-bond donors (Lipinski definition) is 1. The molecule has 0 spiro atoms. The molecule has 12 heavy (non-hydrogen) atoms. The molecular formula is C11H20S. The van der Waals surface area contributed by atoms with Crippen LogP contribution in [0.15, 0.2) is 29.2 Å². The predicted molar refractivity (Wildman–Crippen MR) is 61.1 cm³/mol. The van der Waals surface area contributed by atoms with Gasteiger partial charge in [-0.15, -0.1) is 12.6 Å². The first-order valence-electron chi connectivity index (χ1n) is 4.54. The summed E-state index contributed by atoms with van der Waals surface area (Å²) in [6.07, 6.45) is 0. The molecule has 70 valence electrons. The molecule has 1 rings (SSSR count). The smallest absolute Gasteiger partial charge is 0.00426 e. The zero-order chi connectivity index (χ0) is 9.98. The van der Waals surface area contributed by atoms with Gasteiger partial charge in [-0.05, 0) is 19.1 Å². The molecular weight excluding hydrogens is 164 g/mol. The van der Waals surface area contributed by atoms with Gasteiger partial charge in [0, 0.05) is 4.90 Å². The van der Waals surface area contributed by atoms with Crippen molar-refractivity contribution in [3.8, 4) is 0 Å². The van der Waals surface area contributed by atoms with Crippen LogP contribution in [0, 0.1) is 6.92 Å². The van der Waals surface area contributed by atoms with Gasteiger partial charge in [-0.2, -0.15) is 0 Å². The molecule has 0 aliphatic heterocycles. The summed E-state index contributed by atoms with van der Waals surface area (Å²) in [6.45, 7) is 10.1. The summed E-state index contributed by atoms with van der Waals surface area (Å²) in [7, 11) is 0. The summed E-state index contributed by atoms with van der Waals surface area (Å²) in [6, 6.07) is 8.05. The average molecular weight is 184 g/mol. The predicted octanol–water partition coefficient (Wildman–Crippen LogP) is 4.34. The van der Waals surface area contributed by atoms with Crippen LogP contribution in [0.5, 0.6) is 0 Å². The monoisotopic (exact) mass is 184 g/mol. The molecule has 0 atom stereocenters. The minimum absolute atomic E-state index is 1.03. The van der Waals surface area contributed by atoms with Gasteiger partial charge in [-0.25, -0.2) is 0 Å². The van der Waals surface area contributed by atoms with Gasteiger partial charge in [0.15, 0.2) is 0 Å². The van der Waals surface area contributed by atoms with Crippen LogP contribution >= 0.6 is 12.6 Å². The molecule has 0 aliphatic carbocycles. The molecule has 0 unspecified atom stereocenters. The number of thiol groups is 1. The third kappa shape index (κ3) is 7.67. The molecule has 0 fully saturated rings. The first kappa shape index (κ1) is 14.1. The van der Waals surface area contributed by atoms with Crippen LogP contribution in [-0.4, -0.2) is 0 Å². The van der Waals surface area contributed by atoms with Gasteiger partial charge in [0.2, 0.25) is 0 Å². The van der Waals surface area contributed by atoms with E-state index in [1.54, 1.807) is 0 Å². The van der Waals surface area contributed by atoms with Crippen LogP contribution in [0.4, 0.5) is 0 Å². The molecule has 0 saturated carbocycles. The highest BCUT2D eigenvalue weighted by atomic mass is 32.1. The Morgan fingerprint density at radius 1 is 1.00 bits per heavy atom. The molecule has 0 nitrogen and oxygen atoms in total. The Kier molecular flexibility index (Phi) is 12.4. The fourth-order valence-electron chi connectivity index (χ4n) is 0.628. The Labute approximate surface area is 82.4 Å². The summed E-state index contributed by atoms with van der Waals surface area (Å²) >= 11 is 4.15. The molecule has 0 amide bonds. The summed E-state index contributed by atoms with van der Waals surface area (Å²) in [5, 5.41) is 0. The quantitative estimate of drug-likeness (QED) is 0.570. The lowest BCUT2D eigenvalue weighted by Crippen LogP contribution is -1.67. The van der Waals surface area contributed by atoms with Gasteiger partial charge in [0.05, 0.1) is 0 Å². The molecule has 1 aromatic carbocycles. The van der Waals surface area contributed by atoms with Crippen molar-refractivity contribution in [1.82, 2.24) is 0 Å². The first-order valence-corrected chi connectivity index (χ1v) is 4.99. The highest BCUT2D eigenvalue weighted by molar-refractivity contribution is 7.80. The van der Waals surface area contributed by atoms with Crippen molar-refractivity contribution >= 4 is 12.6 Å². The Bertz CT molecular complexity index is 165. The van der Waals surface area contributed by atoms with Crippen molar-refractivity contribution in [3.05, 3.63) is 29.8 Å². The van der Waals surface area contributed by atoms with Crippen LogP contribution in [0.1, 0.15) is 33.3 Å². The van der Waals surface area contributed by atoms with Crippen molar-refractivity contribution in [2.24, 2.45) is 0 Å². The maximum absolute atomic E-state index is 4.15.